The van der Waals surface area contributed by atoms with Crippen LogP contribution in [0.2, 0.25) is 0 Å². The van der Waals surface area contributed by atoms with E-state index >= 15 is 0 Å². The van der Waals surface area contributed by atoms with Gasteiger partial charge in [-0.25, -0.2) is 15.0 Å². The first kappa shape index (κ1) is 34.1. The van der Waals surface area contributed by atoms with Crippen LogP contribution in [0, 0.1) is 17.8 Å². The number of benzene rings is 7. The van der Waals surface area contributed by atoms with Crippen LogP contribution in [-0.4, -0.2) is 24.1 Å². The fourth-order valence-corrected chi connectivity index (χ4v) is 13.9. The SMILES string of the molecule is c1ccc(-c2nc(-c3cccc(-n4c5ccccc5c5c6sc7ccccc7c6c6c(c7ccccc7n6-c6ccccc6)c54)c3)nc(C34CC5CC(CC(C5)C3)C4)n2)cc1. The Morgan fingerprint density at radius 3 is 1.66 bits per heavy atom. The number of fused-ring (bicyclic) bond motifs is 12. The summed E-state index contributed by atoms with van der Waals surface area (Å²) in [5.41, 5.74) is 9.22. The highest BCUT2D eigenvalue weighted by molar-refractivity contribution is 7.27. The molecule has 5 nitrogen and oxygen atoms in total. The minimum atomic E-state index is 0.0363. The summed E-state index contributed by atoms with van der Waals surface area (Å²) in [4.78, 5) is 16.2. The van der Waals surface area contributed by atoms with Crippen LogP contribution in [0.3, 0.4) is 0 Å². The number of rotatable bonds is 5. The Kier molecular flexibility index (Phi) is 7.10. The highest BCUT2D eigenvalue weighted by atomic mass is 32.1. The minimum Gasteiger partial charge on any atom is -0.308 e. The third-order valence-electron chi connectivity index (χ3n) is 14.6. The van der Waals surface area contributed by atoms with Crippen LogP contribution >= 0.6 is 11.3 Å². The van der Waals surface area contributed by atoms with Gasteiger partial charge in [-0.15, -0.1) is 11.3 Å². The van der Waals surface area contributed by atoms with Gasteiger partial charge in [-0.1, -0.05) is 115 Å². The minimum absolute atomic E-state index is 0.0363. The third-order valence-corrected chi connectivity index (χ3v) is 15.8. The molecule has 0 spiro atoms. The van der Waals surface area contributed by atoms with Crippen LogP contribution in [0.4, 0.5) is 0 Å². The molecule has 0 N–H and O–H groups in total. The van der Waals surface area contributed by atoms with Gasteiger partial charge < -0.3 is 9.13 Å². The Balaban J connectivity index is 1.07. The van der Waals surface area contributed by atoms with Gasteiger partial charge in [0.05, 0.1) is 22.1 Å². The fourth-order valence-electron chi connectivity index (χ4n) is 12.6. The van der Waals surface area contributed by atoms with Gasteiger partial charge in [0.25, 0.3) is 0 Å². The summed E-state index contributed by atoms with van der Waals surface area (Å²) < 4.78 is 7.65. The molecular formula is C55H41N5S. The second-order valence-electron chi connectivity index (χ2n) is 18.2. The van der Waals surface area contributed by atoms with Gasteiger partial charge in [0.2, 0.25) is 0 Å². The summed E-state index contributed by atoms with van der Waals surface area (Å²) in [5.74, 6) is 4.94. The number of thiophene rings is 1. The van der Waals surface area contributed by atoms with Crippen LogP contribution in [-0.2, 0) is 5.41 Å². The molecule has 292 valence electrons. The lowest BCUT2D eigenvalue weighted by Gasteiger charge is -2.56. The van der Waals surface area contributed by atoms with E-state index in [2.05, 4.69) is 167 Å². The van der Waals surface area contributed by atoms with Crippen LogP contribution in [0.1, 0.15) is 44.3 Å². The first-order valence-corrected chi connectivity index (χ1v) is 22.8. The number of hydrogen-bond donors (Lipinski definition) is 0. The summed E-state index contributed by atoms with van der Waals surface area (Å²) in [6, 6.07) is 57.4. The van der Waals surface area contributed by atoms with Gasteiger partial charge in [0.1, 0.15) is 5.82 Å². The lowest BCUT2D eigenvalue weighted by atomic mass is 9.49. The molecule has 4 aliphatic rings. The molecule has 4 fully saturated rings. The van der Waals surface area contributed by atoms with Gasteiger partial charge in [-0.05, 0) is 98.7 Å². The number of hydrogen-bond acceptors (Lipinski definition) is 4. The van der Waals surface area contributed by atoms with E-state index in [4.69, 9.17) is 15.0 Å². The molecule has 7 aromatic carbocycles. The Bertz CT molecular complexity index is 3540. The van der Waals surface area contributed by atoms with Crippen LogP contribution in [0.25, 0.3) is 97.9 Å². The zero-order chi connectivity index (χ0) is 39.8. The van der Waals surface area contributed by atoms with E-state index in [1.807, 2.05) is 11.3 Å². The molecule has 0 atom stereocenters. The fraction of sp³-hybridized carbons (Fsp3) is 0.182. The molecule has 0 aliphatic heterocycles. The molecule has 4 aliphatic carbocycles. The molecule has 4 aromatic heterocycles. The lowest BCUT2D eigenvalue weighted by molar-refractivity contribution is -0.00938. The average Bonchev–Trinajstić information content (AvgIpc) is 3.97. The summed E-state index contributed by atoms with van der Waals surface area (Å²) >= 11 is 1.91. The van der Waals surface area contributed by atoms with E-state index in [9.17, 15) is 0 Å². The van der Waals surface area contributed by atoms with E-state index in [1.165, 1.54) is 102 Å². The summed E-state index contributed by atoms with van der Waals surface area (Å²) in [6.45, 7) is 0. The predicted molar refractivity (Wildman–Crippen MR) is 252 cm³/mol. The van der Waals surface area contributed by atoms with E-state index in [-0.39, 0.29) is 5.41 Å². The summed E-state index contributed by atoms with van der Waals surface area (Å²) in [5, 5.41) is 7.68. The summed E-state index contributed by atoms with van der Waals surface area (Å²) in [6.07, 6.45) is 7.77. The molecule has 6 heteroatoms. The molecular weight excluding hydrogens is 763 g/mol. The topological polar surface area (TPSA) is 48.5 Å². The number of aromatic nitrogens is 5. The van der Waals surface area contributed by atoms with Crippen molar-refractivity contribution >= 4 is 75.1 Å². The van der Waals surface area contributed by atoms with E-state index in [1.54, 1.807) is 0 Å². The van der Waals surface area contributed by atoms with Gasteiger partial charge in [0, 0.05) is 69.6 Å². The zero-order valence-corrected chi connectivity index (χ0v) is 34.4. The molecule has 4 bridgehead atoms. The van der Waals surface area contributed by atoms with Gasteiger partial charge >= 0.3 is 0 Å². The molecule has 0 amide bonds. The molecule has 0 radical (unpaired) electrons. The summed E-state index contributed by atoms with van der Waals surface area (Å²) in [7, 11) is 0. The maximum Gasteiger partial charge on any atom is 0.163 e. The van der Waals surface area contributed by atoms with Crippen molar-refractivity contribution in [2.45, 2.75) is 43.9 Å². The normalized spacial score (nSPS) is 21.0. The van der Waals surface area contributed by atoms with E-state index in [0.29, 0.717) is 0 Å². The second kappa shape index (κ2) is 12.7. The average molecular weight is 804 g/mol. The first-order valence-electron chi connectivity index (χ1n) is 22.0. The van der Waals surface area contributed by atoms with Crippen molar-refractivity contribution in [1.82, 2.24) is 24.1 Å². The van der Waals surface area contributed by atoms with E-state index in [0.717, 1.165) is 57.7 Å². The third kappa shape index (κ3) is 4.91. The highest BCUT2D eigenvalue weighted by Gasteiger charge is 2.53. The monoisotopic (exact) mass is 803 g/mol. The van der Waals surface area contributed by atoms with Crippen molar-refractivity contribution in [1.29, 1.82) is 0 Å². The van der Waals surface area contributed by atoms with Crippen molar-refractivity contribution in [3.05, 3.63) is 164 Å². The standard InChI is InChI=1S/C55H41N5S/c1-3-14-36(15-4-1)52-56-53(58-54(57-52)55-30-33-26-34(31-55)28-35(27-33)32-55)37-16-13-19-39(29-37)60-44-24-11-8-21-41(44)47-49(60)46-40-20-7-10-23-43(40)59(38-17-5-2-6-18-38)50(46)48-42-22-9-12-25-45(42)61-51(47)48/h1-25,29,33-35H,26-28,30-32H2. The van der Waals surface area contributed by atoms with Crippen LogP contribution in [0.15, 0.2) is 158 Å². The van der Waals surface area contributed by atoms with Crippen molar-refractivity contribution < 1.29 is 0 Å². The maximum atomic E-state index is 5.53. The Hall–Kier alpha value is -6.63. The van der Waals surface area contributed by atoms with Gasteiger partial charge in [-0.2, -0.15) is 0 Å². The molecule has 0 saturated heterocycles. The maximum absolute atomic E-state index is 5.53. The van der Waals surface area contributed by atoms with E-state index < -0.39 is 0 Å². The lowest BCUT2D eigenvalue weighted by Crippen LogP contribution is -2.49. The van der Waals surface area contributed by atoms with Crippen LogP contribution in [0.5, 0.6) is 0 Å². The van der Waals surface area contributed by atoms with Crippen molar-refractivity contribution in [3.63, 3.8) is 0 Å². The Labute approximate surface area is 357 Å². The number of nitrogens with zero attached hydrogens (tertiary/aromatic N) is 5. The zero-order valence-electron chi connectivity index (χ0n) is 33.6. The molecule has 0 unspecified atom stereocenters. The largest absolute Gasteiger partial charge is 0.308 e. The molecule has 4 saturated carbocycles. The molecule has 4 heterocycles. The van der Waals surface area contributed by atoms with Gasteiger partial charge in [0.15, 0.2) is 11.6 Å². The molecule has 11 aromatic rings. The quantitative estimate of drug-likeness (QED) is 0.174. The second-order valence-corrected chi connectivity index (χ2v) is 19.3. The van der Waals surface area contributed by atoms with Gasteiger partial charge in [-0.3, -0.25) is 0 Å². The van der Waals surface area contributed by atoms with Crippen molar-refractivity contribution in [2.75, 3.05) is 0 Å². The highest BCUT2D eigenvalue weighted by Crippen LogP contribution is 2.60. The smallest absolute Gasteiger partial charge is 0.163 e. The molecule has 61 heavy (non-hydrogen) atoms. The predicted octanol–water partition coefficient (Wildman–Crippen LogP) is 14.2. The van der Waals surface area contributed by atoms with Crippen molar-refractivity contribution in [3.8, 4) is 34.2 Å². The first-order chi connectivity index (χ1) is 30.2. The Morgan fingerprint density at radius 1 is 0.459 bits per heavy atom. The number of para-hydroxylation sites is 3. The van der Waals surface area contributed by atoms with Crippen molar-refractivity contribution in [2.24, 2.45) is 17.8 Å². The Morgan fingerprint density at radius 2 is 0.967 bits per heavy atom. The van der Waals surface area contributed by atoms with Crippen LogP contribution < -0.4 is 0 Å². The molecule has 15 rings (SSSR count).